The number of carbonyl (C=O) groups is 1. The van der Waals surface area contributed by atoms with Crippen LogP contribution in [0.4, 0.5) is 4.79 Å². The second kappa shape index (κ2) is 7.11. The third-order valence-electron chi connectivity index (χ3n) is 5.70. The maximum Gasteiger partial charge on any atom is 0.318 e. The molecule has 0 aliphatic carbocycles. The molecule has 0 bridgehead atoms. The Balaban J connectivity index is 1.62. The molecule has 5 heteroatoms. The molecule has 3 rings (SSSR count). The van der Waals surface area contributed by atoms with Crippen molar-refractivity contribution >= 4 is 6.03 Å². The molecule has 0 saturated carbocycles. The third kappa shape index (κ3) is 3.28. The minimum atomic E-state index is 0.00658. The number of ether oxygens (including phenoxy) is 1. The molecule has 5 nitrogen and oxygen atoms in total. The van der Waals surface area contributed by atoms with Gasteiger partial charge in [0.2, 0.25) is 0 Å². The number of benzene rings is 1. The molecule has 2 atom stereocenters. The van der Waals surface area contributed by atoms with Crippen molar-refractivity contribution < 1.29 is 9.53 Å². The van der Waals surface area contributed by atoms with E-state index >= 15 is 0 Å². The van der Waals surface area contributed by atoms with Gasteiger partial charge in [-0.05, 0) is 38.4 Å². The summed E-state index contributed by atoms with van der Waals surface area (Å²) in [6.07, 6.45) is 1.91. The first kappa shape index (κ1) is 17.2. The van der Waals surface area contributed by atoms with Gasteiger partial charge >= 0.3 is 6.03 Å². The number of hydrogen-bond acceptors (Lipinski definition) is 3. The van der Waals surface area contributed by atoms with Gasteiger partial charge in [0.25, 0.3) is 0 Å². The SMILES string of the molecule is CC1CN(C(=O)NCC2(N(C)C)CCOCC2)C1c1ccccc1. The van der Waals surface area contributed by atoms with Crippen molar-refractivity contribution in [2.24, 2.45) is 5.92 Å². The van der Waals surface area contributed by atoms with Crippen LogP contribution < -0.4 is 5.32 Å². The van der Waals surface area contributed by atoms with Crippen molar-refractivity contribution in [3.63, 3.8) is 0 Å². The van der Waals surface area contributed by atoms with Crippen LogP contribution in [0.3, 0.4) is 0 Å². The topological polar surface area (TPSA) is 44.8 Å². The molecule has 2 unspecified atom stereocenters. The monoisotopic (exact) mass is 331 g/mol. The van der Waals surface area contributed by atoms with Crippen molar-refractivity contribution in [2.75, 3.05) is 40.4 Å². The zero-order valence-electron chi connectivity index (χ0n) is 15.0. The average Bonchev–Trinajstić information content (AvgIpc) is 2.59. The first-order chi connectivity index (χ1) is 11.5. The maximum absolute atomic E-state index is 12.7. The van der Waals surface area contributed by atoms with Crippen LogP contribution in [0, 0.1) is 5.92 Å². The summed E-state index contributed by atoms with van der Waals surface area (Å²) in [5.41, 5.74) is 1.23. The number of hydrogen-bond donors (Lipinski definition) is 1. The lowest BCUT2D eigenvalue weighted by Crippen LogP contribution is -2.60. The number of likely N-dealkylation sites (tertiary alicyclic amines) is 1. The zero-order valence-corrected chi connectivity index (χ0v) is 15.0. The second-order valence-electron chi connectivity index (χ2n) is 7.38. The van der Waals surface area contributed by atoms with E-state index in [0.29, 0.717) is 12.5 Å². The fourth-order valence-electron chi connectivity index (χ4n) is 3.94. The van der Waals surface area contributed by atoms with Gasteiger partial charge in [-0.15, -0.1) is 0 Å². The van der Waals surface area contributed by atoms with E-state index in [-0.39, 0.29) is 17.6 Å². The van der Waals surface area contributed by atoms with Crippen molar-refractivity contribution in [3.8, 4) is 0 Å². The highest BCUT2D eigenvalue weighted by Gasteiger charge is 2.41. The molecule has 2 aliphatic heterocycles. The van der Waals surface area contributed by atoms with Crippen LogP contribution in [0.15, 0.2) is 30.3 Å². The number of rotatable bonds is 4. The number of nitrogens with zero attached hydrogens (tertiary/aromatic N) is 2. The number of amides is 2. The summed E-state index contributed by atoms with van der Waals surface area (Å²) in [4.78, 5) is 16.9. The van der Waals surface area contributed by atoms with Crippen molar-refractivity contribution in [1.82, 2.24) is 15.1 Å². The zero-order chi connectivity index (χ0) is 17.2. The molecular formula is C19H29N3O2. The molecular weight excluding hydrogens is 302 g/mol. The molecule has 0 spiro atoms. The van der Waals surface area contributed by atoms with E-state index in [1.165, 1.54) is 5.56 Å². The van der Waals surface area contributed by atoms with Gasteiger partial charge in [-0.25, -0.2) is 4.79 Å². The first-order valence-corrected chi connectivity index (χ1v) is 8.88. The van der Waals surface area contributed by atoms with E-state index in [1.807, 2.05) is 23.1 Å². The Labute approximate surface area is 145 Å². The van der Waals surface area contributed by atoms with Gasteiger partial charge in [0.1, 0.15) is 0 Å². The molecule has 0 radical (unpaired) electrons. The summed E-state index contributed by atoms with van der Waals surface area (Å²) in [7, 11) is 4.19. The highest BCUT2D eigenvalue weighted by molar-refractivity contribution is 5.76. The first-order valence-electron chi connectivity index (χ1n) is 8.88. The summed E-state index contributed by atoms with van der Waals surface area (Å²) in [6, 6.07) is 10.6. The second-order valence-corrected chi connectivity index (χ2v) is 7.38. The predicted molar refractivity (Wildman–Crippen MR) is 94.9 cm³/mol. The fourth-order valence-corrected chi connectivity index (χ4v) is 3.94. The van der Waals surface area contributed by atoms with Gasteiger partial charge in [-0.3, -0.25) is 0 Å². The molecule has 24 heavy (non-hydrogen) atoms. The number of likely N-dealkylation sites (N-methyl/N-ethyl adjacent to an activating group) is 1. The molecule has 1 aromatic rings. The van der Waals surface area contributed by atoms with Gasteiger partial charge in [0.05, 0.1) is 6.04 Å². The van der Waals surface area contributed by atoms with E-state index in [9.17, 15) is 4.79 Å². The summed E-state index contributed by atoms with van der Waals surface area (Å²) in [6.45, 7) is 5.24. The lowest BCUT2D eigenvalue weighted by molar-refractivity contribution is -0.00815. The highest BCUT2D eigenvalue weighted by atomic mass is 16.5. The lowest BCUT2D eigenvalue weighted by atomic mass is 9.85. The Kier molecular flexibility index (Phi) is 5.11. The Morgan fingerprint density at radius 2 is 1.96 bits per heavy atom. The minimum Gasteiger partial charge on any atom is -0.381 e. The summed E-state index contributed by atoms with van der Waals surface area (Å²) in [5.74, 6) is 0.504. The normalized spacial score (nSPS) is 26.1. The van der Waals surface area contributed by atoms with Crippen molar-refractivity contribution in [3.05, 3.63) is 35.9 Å². The Hall–Kier alpha value is -1.59. The smallest absolute Gasteiger partial charge is 0.318 e. The molecule has 1 aromatic carbocycles. The van der Waals surface area contributed by atoms with E-state index in [4.69, 9.17) is 4.74 Å². The average molecular weight is 331 g/mol. The largest absolute Gasteiger partial charge is 0.381 e. The summed E-state index contributed by atoms with van der Waals surface area (Å²) in [5, 5.41) is 3.19. The van der Waals surface area contributed by atoms with E-state index < -0.39 is 0 Å². The van der Waals surface area contributed by atoms with Crippen LogP contribution in [-0.2, 0) is 4.74 Å². The van der Waals surface area contributed by atoms with E-state index in [1.54, 1.807) is 0 Å². The number of carbonyl (C=O) groups excluding carboxylic acids is 1. The quantitative estimate of drug-likeness (QED) is 0.922. The predicted octanol–water partition coefficient (Wildman–Crippen LogP) is 2.50. The molecule has 2 amide bonds. The molecule has 2 saturated heterocycles. The molecule has 0 aromatic heterocycles. The molecule has 132 valence electrons. The van der Waals surface area contributed by atoms with Crippen LogP contribution in [0.2, 0.25) is 0 Å². The Bertz CT molecular complexity index is 555. The molecule has 2 heterocycles. The lowest BCUT2D eigenvalue weighted by Gasteiger charge is -2.48. The number of urea groups is 1. The van der Waals surface area contributed by atoms with Crippen LogP contribution in [0.25, 0.3) is 0 Å². The third-order valence-corrected chi connectivity index (χ3v) is 5.70. The minimum absolute atomic E-state index is 0.00658. The highest BCUT2D eigenvalue weighted by Crippen LogP contribution is 2.38. The van der Waals surface area contributed by atoms with Crippen LogP contribution in [0.1, 0.15) is 31.4 Å². The summed E-state index contributed by atoms with van der Waals surface area (Å²) >= 11 is 0. The van der Waals surface area contributed by atoms with E-state index in [2.05, 4.69) is 43.4 Å². The summed E-state index contributed by atoms with van der Waals surface area (Å²) < 4.78 is 5.50. The fraction of sp³-hybridized carbons (Fsp3) is 0.632. The van der Waals surface area contributed by atoms with Crippen molar-refractivity contribution in [2.45, 2.75) is 31.3 Å². The van der Waals surface area contributed by atoms with Crippen LogP contribution in [0.5, 0.6) is 0 Å². The Morgan fingerprint density at radius 1 is 1.29 bits per heavy atom. The van der Waals surface area contributed by atoms with Crippen molar-refractivity contribution in [1.29, 1.82) is 0 Å². The molecule has 1 N–H and O–H groups in total. The van der Waals surface area contributed by atoms with E-state index in [0.717, 1.165) is 32.6 Å². The van der Waals surface area contributed by atoms with Crippen LogP contribution in [-0.4, -0.2) is 61.8 Å². The van der Waals surface area contributed by atoms with Crippen LogP contribution >= 0.6 is 0 Å². The molecule has 2 fully saturated rings. The maximum atomic E-state index is 12.7. The standard InChI is InChI=1S/C19H29N3O2/c1-15-13-22(17(15)16-7-5-4-6-8-16)18(23)20-14-19(21(2)3)9-11-24-12-10-19/h4-8,15,17H,9-14H2,1-3H3,(H,20,23). The van der Waals surface area contributed by atoms with Gasteiger partial charge in [-0.2, -0.15) is 0 Å². The number of nitrogens with one attached hydrogen (secondary N) is 1. The van der Waals surface area contributed by atoms with Gasteiger partial charge < -0.3 is 19.9 Å². The molecule has 2 aliphatic rings. The van der Waals surface area contributed by atoms with Gasteiger partial charge in [-0.1, -0.05) is 37.3 Å². The van der Waals surface area contributed by atoms with Gasteiger partial charge in [0, 0.05) is 31.8 Å². The van der Waals surface area contributed by atoms with Gasteiger partial charge in [0.15, 0.2) is 0 Å². The Morgan fingerprint density at radius 3 is 2.54 bits per heavy atom.